The van der Waals surface area contributed by atoms with Crippen LogP contribution in [-0.4, -0.2) is 11.8 Å². The molecule has 4 rings (SSSR count). The molecule has 0 aromatic heterocycles. The van der Waals surface area contributed by atoms with Crippen molar-refractivity contribution in [2.45, 2.75) is 33.1 Å². The molecular formula is C27H26N2O2. The first kappa shape index (κ1) is 20.6. The Morgan fingerprint density at radius 2 is 1.48 bits per heavy atom. The van der Waals surface area contributed by atoms with E-state index >= 15 is 0 Å². The van der Waals surface area contributed by atoms with Crippen LogP contribution in [0.15, 0.2) is 84.6 Å². The molecule has 2 amide bonds. The van der Waals surface area contributed by atoms with Crippen LogP contribution in [0, 0.1) is 6.92 Å². The molecule has 0 saturated heterocycles. The van der Waals surface area contributed by atoms with E-state index in [9.17, 15) is 9.59 Å². The number of carbonyl (C=O) groups excluding carboxylic acids is 2. The Morgan fingerprint density at radius 3 is 2.13 bits per heavy atom. The lowest BCUT2D eigenvalue weighted by Crippen LogP contribution is -2.32. The standard InChI is InChI=1S/C27H26N2O2/c1-3-4-8-20-13-17-23(18-14-20)29-26(30)24(21-9-6-5-7-10-21)25(27(29)31)28-22-15-11-19(2)12-16-22/h5-7,9-18,28H,3-4,8H2,1-2H3. The molecule has 4 heteroatoms. The zero-order valence-electron chi connectivity index (χ0n) is 17.9. The summed E-state index contributed by atoms with van der Waals surface area (Å²) >= 11 is 0. The van der Waals surface area contributed by atoms with Gasteiger partial charge >= 0.3 is 0 Å². The van der Waals surface area contributed by atoms with Gasteiger partial charge in [0.05, 0.1) is 11.3 Å². The van der Waals surface area contributed by atoms with Crippen molar-refractivity contribution in [2.75, 3.05) is 10.2 Å². The molecule has 0 bridgehead atoms. The fourth-order valence-electron chi connectivity index (χ4n) is 3.73. The average Bonchev–Trinajstić information content (AvgIpc) is 3.04. The molecule has 0 unspecified atom stereocenters. The zero-order valence-corrected chi connectivity index (χ0v) is 17.9. The Bertz CT molecular complexity index is 1110. The normalized spacial score (nSPS) is 13.8. The van der Waals surface area contributed by atoms with Gasteiger partial charge in [-0.2, -0.15) is 0 Å². The molecule has 0 aliphatic carbocycles. The molecule has 1 N–H and O–H groups in total. The highest BCUT2D eigenvalue weighted by atomic mass is 16.2. The van der Waals surface area contributed by atoms with Gasteiger partial charge in [-0.15, -0.1) is 0 Å². The van der Waals surface area contributed by atoms with E-state index in [1.807, 2.05) is 85.8 Å². The summed E-state index contributed by atoms with van der Waals surface area (Å²) in [6.07, 6.45) is 3.24. The van der Waals surface area contributed by atoms with Crippen LogP contribution < -0.4 is 10.2 Å². The number of anilines is 2. The van der Waals surface area contributed by atoms with E-state index in [0.717, 1.165) is 36.1 Å². The maximum atomic E-state index is 13.4. The van der Waals surface area contributed by atoms with Crippen LogP contribution >= 0.6 is 0 Å². The highest BCUT2D eigenvalue weighted by molar-refractivity contribution is 6.46. The summed E-state index contributed by atoms with van der Waals surface area (Å²) in [5.41, 5.74) is 5.10. The number of nitrogens with zero attached hydrogens (tertiary/aromatic N) is 1. The number of amides is 2. The predicted octanol–water partition coefficient (Wildman–Crippen LogP) is 5.73. The number of rotatable bonds is 7. The fourth-order valence-corrected chi connectivity index (χ4v) is 3.73. The molecular weight excluding hydrogens is 384 g/mol. The Balaban J connectivity index is 1.71. The van der Waals surface area contributed by atoms with Crippen molar-refractivity contribution in [3.05, 3.63) is 101 Å². The van der Waals surface area contributed by atoms with Gasteiger partial charge in [-0.25, -0.2) is 4.90 Å². The molecule has 3 aromatic rings. The van der Waals surface area contributed by atoms with E-state index in [1.165, 1.54) is 10.5 Å². The first-order chi connectivity index (χ1) is 15.1. The van der Waals surface area contributed by atoms with Crippen molar-refractivity contribution < 1.29 is 9.59 Å². The van der Waals surface area contributed by atoms with E-state index in [0.29, 0.717) is 17.0 Å². The minimum Gasteiger partial charge on any atom is -0.350 e. The number of unbranched alkanes of at least 4 members (excludes halogenated alkanes) is 1. The Labute approximate surface area is 183 Å². The van der Waals surface area contributed by atoms with Crippen LogP contribution in [0.4, 0.5) is 11.4 Å². The van der Waals surface area contributed by atoms with Crippen molar-refractivity contribution in [3.8, 4) is 0 Å². The van der Waals surface area contributed by atoms with Crippen LogP contribution in [-0.2, 0) is 16.0 Å². The summed E-state index contributed by atoms with van der Waals surface area (Å²) in [6, 6.07) is 24.8. The summed E-state index contributed by atoms with van der Waals surface area (Å²) in [6.45, 7) is 4.17. The molecule has 4 nitrogen and oxygen atoms in total. The molecule has 1 heterocycles. The second kappa shape index (κ2) is 9.00. The Kier molecular flexibility index (Phi) is 5.99. The topological polar surface area (TPSA) is 49.4 Å². The number of hydrogen-bond donors (Lipinski definition) is 1. The van der Waals surface area contributed by atoms with E-state index in [4.69, 9.17) is 0 Å². The second-order valence-corrected chi connectivity index (χ2v) is 7.82. The zero-order chi connectivity index (χ0) is 21.8. The third kappa shape index (κ3) is 4.29. The molecule has 0 saturated carbocycles. The summed E-state index contributed by atoms with van der Waals surface area (Å²) in [5.74, 6) is -0.655. The van der Waals surface area contributed by atoms with Gasteiger partial charge in [-0.1, -0.05) is 73.5 Å². The molecule has 31 heavy (non-hydrogen) atoms. The predicted molar refractivity (Wildman–Crippen MR) is 126 cm³/mol. The van der Waals surface area contributed by atoms with Crippen LogP contribution in [0.1, 0.15) is 36.5 Å². The first-order valence-electron chi connectivity index (χ1n) is 10.7. The molecule has 156 valence electrons. The number of hydrogen-bond acceptors (Lipinski definition) is 3. The maximum Gasteiger partial charge on any atom is 0.282 e. The number of aryl methyl sites for hydroxylation is 2. The van der Waals surface area contributed by atoms with Gasteiger partial charge in [-0.3, -0.25) is 9.59 Å². The Hall–Kier alpha value is -3.66. The van der Waals surface area contributed by atoms with Crippen molar-refractivity contribution in [3.63, 3.8) is 0 Å². The quantitative estimate of drug-likeness (QED) is 0.506. The lowest BCUT2D eigenvalue weighted by atomic mass is 10.0. The highest BCUT2D eigenvalue weighted by Crippen LogP contribution is 2.33. The molecule has 3 aromatic carbocycles. The van der Waals surface area contributed by atoms with Crippen LogP contribution in [0.5, 0.6) is 0 Å². The largest absolute Gasteiger partial charge is 0.350 e. The second-order valence-electron chi connectivity index (χ2n) is 7.82. The first-order valence-corrected chi connectivity index (χ1v) is 10.7. The molecule has 1 aliphatic heterocycles. The summed E-state index contributed by atoms with van der Waals surface area (Å²) in [7, 11) is 0. The monoisotopic (exact) mass is 410 g/mol. The van der Waals surface area contributed by atoms with Crippen LogP contribution in [0.2, 0.25) is 0 Å². The number of benzene rings is 3. The average molecular weight is 411 g/mol. The number of nitrogens with one attached hydrogen (secondary N) is 1. The minimum absolute atomic E-state index is 0.301. The summed E-state index contributed by atoms with van der Waals surface area (Å²) < 4.78 is 0. The lowest BCUT2D eigenvalue weighted by Gasteiger charge is -2.16. The van der Waals surface area contributed by atoms with E-state index in [1.54, 1.807) is 0 Å². The SMILES string of the molecule is CCCCc1ccc(N2C(=O)C(Nc3ccc(C)cc3)=C(c3ccccc3)C2=O)cc1. The highest BCUT2D eigenvalue weighted by Gasteiger charge is 2.40. The van der Waals surface area contributed by atoms with Crippen molar-refractivity contribution in [1.29, 1.82) is 0 Å². The Morgan fingerprint density at radius 1 is 0.806 bits per heavy atom. The van der Waals surface area contributed by atoms with Crippen molar-refractivity contribution in [1.82, 2.24) is 0 Å². The van der Waals surface area contributed by atoms with Crippen LogP contribution in [0.3, 0.4) is 0 Å². The third-order valence-corrected chi connectivity index (χ3v) is 5.48. The minimum atomic E-state index is -0.342. The van der Waals surface area contributed by atoms with Crippen LogP contribution in [0.25, 0.3) is 5.57 Å². The summed E-state index contributed by atoms with van der Waals surface area (Å²) in [5, 5.41) is 3.20. The van der Waals surface area contributed by atoms with Crippen molar-refractivity contribution in [2.24, 2.45) is 0 Å². The lowest BCUT2D eigenvalue weighted by molar-refractivity contribution is -0.120. The van der Waals surface area contributed by atoms with Crippen molar-refractivity contribution >= 4 is 28.8 Å². The molecule has 1 aliphatic rings. The van der Waals surface area contributed by atoms with Gasteiger partial charge in [-0.05, 0) is 55.2 Å². The molecule has 0 radical (unpaired) electrons. The smallest absolute Gasteiger partial charge is 0.282 e. The van der Waals surface area contributed by atoms with E-state index < -0.39 is 0 Å². The van der Waals surface area contributed by atoms with Gasteiger partial charge in [0.2, 0.25) is 0 Å². The van der Waals surface area contributed by atoms with E-state index in [2.05, 4.69) is 12.2 Å². The van der Waals surface area contributed by atoms with Gasteiger partial charge < -0.3 is 5.32 Å². The fraction of sp³-hybridized carbons (Fsp3) is 0.185. The van der Waals surface area contributed by atoms with Gasteiger partial charge in [0.1, 0.15) is 5.70 Å². The van der Waals surface area contributed by atoms with E-state index in [-0.39, 0.29) is 11.8 Å². The third-order valence-electron chi connectivity index (χ3n) is 5.48. The maximum absolute atomic E-state index is 13.4. The molecule has 0 spiro atoms. The molecule has 0 atom stereocenters. The van der Waals surface area contributed by atoms with Gasteiger partial charge in [0, 0.05) is 5.69 Å². The number of imide groups is 1. The van der Waals surface area contributed by atoms with Gasteiger partial charge in [0.15, 0.2) is 0 Å². The summed E-state index contributed by atoms with van der Waals surface area (Å²) in [4.78, 5) is 28.1. The molecule has 0 fully saturated rings. The number of carbonyl (C=O) groups is 2. The van der Waals surface area contributed by atoms with Gasteiger partial charge in [0.25, 0.3) is 11.8 Å².